The molecule has 21 heavy (non-hydrogen) atoms. The van der Waals surface area contributed by atoms with Crippen molar-refractivity contribution in [1.29, 1.82) is 0 Å². The van der Waals surface area contributed by atoms with Crippen LogP contribution in [-0.4, -0.2) is 30.7 Å². The number of hydrogen-bond donors (Lipinski definition) is 1. The average Bonchev–Trinajstić information content (AvgIpc) is 2.39. The minimum absolute atomic E-state index is 0.343. The van der Waals surface area contributed by atoms with Gasteiger partial charge in [-0.15, -0.1) is 0 Å². The summed E-state index contributed by atoms with van der Waals surface area (Å²) in [6, 6.07) is 7.80. The van der Waals surface area contributed by atoms with Crippen LogP contribution in [0.1, 0.15) is 37.8 Å². The van der Waals surface area contributed by atoms with Gasteiger partial charge in [-0.1, -0.05) is 38.1 Å². The highest BCUT2D eigenvalue weighted by Crippen LogP contribution is 2.18. The Labute approximate surface area is 125 Å². The first kappa shape index (κ1) is 18.0. The van der Waals surface area contributed by atoms with E-state index >= 15 is 0 Å². The number of hydrogen-bond acceptors (Lipinski definition) is 2. The molecule has 5 heteroatoms. The molecule has 1 aromatic rings. The quantitative estimate of drug-likeness (QED) is 0.695. The van der Waals surface area contributed by atoms with E-state index in [9.17, 15) is 13.2 Å². The molecular formula is C16H25F3N2. The van der Waals surface area contributed by atoms with Crippen molar-refractivity contribution in [2.24, 2.45) is 0 Å². The van der Waals surface area contributed by atoms with Gasteiger partial charge in [-0.25, -0.2) is 0 Å². The highest BCUT2D eigenvalue weighted by molar-refractivity contribution is 5.22. The predicted octanol–water partition coefficient (Wildman–Crippen LogP) is 3.96. The first-order valence-electron chi connectivity index (χ1n) is 7.52. The molecular weight excluding hydrogens is 277 g/mol. The lowest BCUT2D eigenvalue weighted by atomic mass is 10.1. The fourth-order valence-electron chi connectivity index (χ4n) is 2.21. The summed E-state index contributed by atoms with van der Waals surface area (Å²) in [6.45, 7) is 5.73. The molecule has 120 valence electrons. The van der Waals surface area contributed by atoms with Crippen molar-refractivity contribution in [2.75, 3.05) is 19.6 Å². The van der Waals surface area contributed by atoms with Crippen molar-refractivity contribution >= 4 is 0 Å². The maximum Gasteiger partial charge on any atom is 0.401 e. The number of benzene rings is 1. The molecule has 0 heterocycles. The van der Waals surface area contributed by atoms with Crippen LogP contribution in [0, 0.1) is 0 Å². The van der Waals surface area contributed by atoms with Crippen LogP contribution in [0.3, 0.4) is 0 Å². The summed E-state index contributed by atoms with van der Waals surface area (Å²) in [6.07, 6.45) is -2.34. The molecule has 1 rings (SSSR count). The largest absolute Gasteiger partial charge is 0.401 e. The van der Waals surface area contributed by atoms with E-state index in [1.165, 1.54) is 4.90 Å². The van der Waals surface area contributed by atoms with Gasteiger partial charge in [0, 0.05) is 13.1 Å². The summed E-state index contributed by atoms with van der Waals surface area (Å²) >= 11 is 0. The molecule has 0 aliphatic carbocycles. The van der Waals surface area contributed by atoms with Gasteiger partial charge in [0.2, 0.25) is 0 Å². The molecule has 0 unspecified atom stereocenters. The van der Waals surface area contributed by atoms with E-state index in [1.54, 1.807) is 0 Å². The van der Waals surface area contributed by atoms with Crippen molar-refractivity contribution in [3.05, 3.63) is 35.4 Å². The molecule has 1 N–H and O–H groups in total. The van der Waals surface area contributed by atoms with Crippen molar-refractivity contribution in [3.8, 4) is 0 Å². The van der Waals surface area contributed by atoms with Crippen molar-refractivity contribution < 1.29 is 13.2 Å². The fourth-order valence-corrected chi connectivity index (χ4v) is 2.21. The second-order valence-corrected chi connectivity index (χ2v) is 5.32. The standard InChI is InChI=1S/C16H25F3N2/c1-3-9-20-11-14-5-7-15(8-6-14)12-21(10-4-2)13-16(17,18)19/h5-8,20H,3-4,9-13H2,1-2H3. The molecule has 0 radical (unpaired) electrons. The van der Waals surface area contributed by atoms with Gasteiger partial charge < -0.3 is 5.32 Å². The third-order valence-electron chi connectivity index (χ3n) is 3.13. The molecule has 0 saturated carbocycles. The van der Waals surface area contributed by atoms with Gasteiger partial charge in [0.25, 0.3) is 0 Å². The molecule has 0 amide bonds. The molecule has 2 nitrogen and oxygen atoms in total. The summed E-state index contributed by atoms with van der Waals surface area (Å²) in [5.41, 5.74) is 2.08. The molecule has 0 bridgehead atoms. The van der Waals surface area contributed by atoms with E-state index in [1.807, 2.05) is 31.2 Å². The highest BCUT2D eigenvalue weighted by atomic mass is 19.4. The van der Waals surface area contributed by atoms with Crippen LogP contribution in [0.2, 0.25) is 0 Å². The van der Waals surface area contributed by atoms with E-state index in [-0.39, 0.29) is 0 Å². The van der Waals surface area contributed by atoms with Gasteiger partial charge in [0.1, 0.15) is 0 Å². The summed E-state index contributed by atoms with van der Waals surface area (Å²) in [4.78, 5) is 1.45. The summed E-state index contributed by atoms with van der Waals surface area (Å²) < 4.78 is 37.6. The maximum absolute atomic E-state index is 12.5. The van der Waals surface area contributed by atoms with E-state index in [0.29, 0.717) is 13.1 Å². The summed E-state index contributed by atoms with van der Waals surface area (Å²) in [5, 5.41) is 3.30. The zero-order chi connectivity index (χ0) is 15.7. The van der Waals surface area contributed by atoms with Crippen LogP contribution in [0.25, 0.3) is 0 Å². The van der Waals surface area contributed by atoms with Crippen molar-refractivity contribution in [1.82, 2.24) is 10.2 Å². The third-order valence-corrected chi connectivity index (χ3v) is 3.13. The Morgan fingerprint density at radius 1 is 1.00 bits per heavy atom. The molecule has 0 aliphatic rings. The topological polar surface area (TPSA) is 15.3 Å². The molecule has 0 spiro atoms. The average molecular weight is 302 g/mol. The van der Waals surface area contributed by atoms with Crippen LogP contribution >= 0.6 is 0 Å². The fraction of sp³-hybridized carbons (Fsp3) is 0.625. The first-order chi connectivity index (χ1) is 9.94. The maximum atomic E-state index is 12.5. The van der Waals surface area contributed by atoms with Gasteiger partial charge >= 0.3 is 6.18 Å². The number of halogens is 3. The zero-order valence-corrected chi connectivity index (χ0v) is 12.8. The second-order valence-electron chi connectivity index (χ2n) is 5.32. The van der Waals surface area contributed by atoms with E-state index < -0.39 is 12.7 Å². The minimum atomic E-state index is -4.14. The van der Waals surface area contributed by atoms with Crippen molar-refractivity contribution in [3.63, 3.8) is 0 Å². The number of alkyl halides is 3. The van der Waals surface area contributed by atoms with Crippen molar-refractivity contribution in [2.45, 2.75) is 46.0 Å². The van der Waals surface area contributed by atoms with E-state index in [4.69, 9.17) is 0 Å². The van der Waals surface area contributed by atoms with Gasteiger partial charge in [-0.05, 0) is 37.1 Å². The lowest BCUT2D eigenvalue weighted by Gasteiger charge is -2.23. The number of nitrogens with one attached hydrogen (secondary N) is 1. The number of rotatable bonds is 9. The summed E-state index contributed by atoms with van der Waals surface area (Å²) in [7, 11) is 0. The Balaban J connectivity index is 2.55. The van der Waals surface area contributed by atoms with Gasteiger partial charge in [-0.2, -0.15) is 13.2 Å². The smallest absolute Gasteiger partial charge is 0.313 e. The molecule has 0 saturated heterocycles. The molecule has 1 aromatic carbocycles. The van der Waals surface area contributed by atoms with Gasteiger partial charge in [-0.3, -0.25) is 4.90 Å². The van der Waals surface area contributed by atoms with Gasteiger partial charge in [0.15, 0.2) is 0 Å². The first-order valence-corrected chi connectivity index (χ1v) is 7.52. The third kappa shape index (κ3) is 8.07. The van der Waals surface area contributed by atoms with Crippen LogP contribution in [0.15, 0.2) is 24.3 Å². The minimum Gasteiger partial charge on any atom is -0.313 e. The Kier molecular flexibility index (Phi) is 7.75. The van der Waals surface area contributed by atoms with Crippen LogP contribution in [0.5, 0.6) is 0 Å². The summed E-state index contributed by atoms with van der Waals surface area (Å²) in [5.74, 6) is 0. The van der Waals surface area contributed by atoms with Crippen LogP contribution in [0.4, 0.5) is 13.2 Å². The molecule has 0 fully saturated rings. The monoisotopic (exact) mass is 302 g/mol. The predicted molar refractivity (Wildman–Crippen MR) is 80.1 cm³/mol. The number of nitrogens with zero attached hydrogens (tertiary/aromatic N) is 1. The Morgan fingerprint density at radius 3 is 2.14 bits per heavy atom. The van der Waals surface area contributed by atoms with E-state index in [2.05, 4.69) is 12.2 Å². The second kappa shape index (κ2) is 9.05. The van der Waals surface area contributed by atoms with Crippen LogP contribution < -0.4 is 5.32 Å². The Morgan fingerprint density at radius 2 is 1.62 bits per heavy atom. The van der Waals surface area contributed by atoms with E-state index in [0.717, 1.165) is 37.1 Å². The highest BCUT2D eigenvalue weighted by Gasteiger charge is 2.30. The molecule has 0 aromatic heterocycles. The molecule has 0 aliphatic heterocycles. The van der Waals surface area contributed by atoms with Gasteiger partial charge in [0.05, 0.1) is 6.54 Å². The molecule has 0 atom stereocenters. The SMILES string of the molecule is CCCNCc1ccc(CN(CCC)CC(F)(F)F)cc1. The lowest BCUT2D eigenvalue weighted by Crippen LogP contribution is -2.34. The zero-order valence-electron chi connectivity index (χ0n) is 12.8. The van der Waals surface area contributed by atoms with Crippen LogP contribution in [-0.2, 0) is 13.1 Å². The Hall–Kier alpha value is -1.07. The normalized spacial score (nSPS) is 12.1. The lowest BCUT2D eigenvalue weighted by molar-refractivity contribution is -0.147. The Bertz CT molecular complexity index is 388.